The topological polar surface area (TPSA) is 55.0 Å². The third kappa shape index (κ3) is 4.18. The van der Waals surface area contributed by atoms with Crippen molar-refractivity contribution >= 4 is 0 Å². The SMILES string of the molecule is N#CCCCn1cccc(OCc2ccc(F)cc2)c1=O. The van der Waals surface area contributed by atoms with Crippen LogP contribution >= 0.6 is 0 Å². The Morgan fingerprint density at radius 3 is 2.71 bits per heavy atom. The lowest BCUT2D eigenvalue weighted by molar-refractivity contribution is 0.298. The summed E-state index contributed by atoms with van der Waals surface area (Å²) in [4.78, 5) is 12.1. The van der Waals surface area contributed by atoms with Crippen LogP contribution in [-0.2, 0) is 13.2 Å². The highest BCUT2D eigenvalue weighted by molar-refractivity contribution is 5.20. The highest BCUT2D eigenvalue weighted by Crippen LogP contribution is 2.08. The van der Waals surface area contributed by atoms with E-state index in [1.807, 2.05) is 6.07 Å². The molecule has 0 unspecified atom stereocenters. The predicted molar refractivity (Wildman–Crippen MR) is 76.3 cm³/mol. The van der Waals surface area contributed by atoms with Crippen molar-refractivity contribution in [1.82, 2.24) is 4.57 Å². The van der Waals surface area contributed by atoms with Crippen molar-refractivity contribution in [3.63, 3.8) is 0 Å². The first-order chi connectivity index (χ1) is 10.2. The zero-order valence-electron chi connectivity index (χ0n) is 11.5. The van der Waals surface area contributed by atoms with Crippen LogP contribution in [0.1, 0.15) is 18.4 Å². The van der Waals surface area contributed by atoms with Crippen LogP contribution in [0.2, 0.25) is 0 Å². The molecule has 0 saturated carbocycles. The molecule has 1 aromatic heterocycles. The van der Waals surface area contributed by atoms with Crippen LogP contribution in [0, 0.1) is 17.1 Å². The molecule has 2 rings (SSSR count). The van der Waals surface area contributed by atoms with Gasteiger partial charge in [-0.3, -0.25) is 4.79 Å². The Morgan fingerprint density at radius 1 is 1.24 bits per heavy atom. The second-order valence-corrected chi connectivity index (χ2v) is 4.55. The van der Waals surface area contributed by atoms with Gasteiger partial charge >= 0.3 is 0 Å². The van der Waals surface area contributed by atoms with Crippen molar-refractivity contribution in [3.8, 4) is 11.8 Å². The predicted octanol–water partition coefficient (Wildman–Crippen LogP) is 2.87. The molecule has 2 aromatic rings. The molecule has 0 spiro atoms. The van der Waals surface area contributed by atoms with Crippen LogP contribution in [-0.4, -0.2) is 4.57 Å². The van der Waals surface area contributed by atoms with Crippen molar-refractivity contribution in [2.45, 2.75) is 26.0 Å². The van der Waals surface area contributed by atoms with Crippen LogP contribution in [0.25, 0.3) is 0 Å². The Balaban J connectivity index is 2.03. The molecule has 0 radical (unpaired) electrons. The zero-order chi connectivity index (χ0) is 15.1. The molecular formula is C16H15FN2O2. The van der Waals surface area contributed by atoms with E-state index in [4.69, 9.17) is 10.00 Å². The summed E-state index contributed by atoms with van der Waals surface area (Å²) in [6.45, 7) is 0.692. The number of rotatable bonds is 6. The standard InChI is InChI=1S/C16H15FN2O2/c17-14-7-5-13(6-8-14)12-21-15-4-3-11-19(16(15)20)10-2-1-9-18/h3-8,11H,1-2,10,12H2. The van der Waals surface area contributed by atoms with Crippen molar-refractivity contribution in [2.24, 2.45) is 0 Å². The van der Waals surface area contributed by atoms with Gasteiger partial charge in [-0.05, 0) is 36.2 Å². The summed E-state index contributed by atoms with van der Waals surface area (Å²) in [6, 6.07) is 11.3. The summed E-state index contributed by atoms with van der Waals surface area (Å²) in [7, 11) is 0. The molecule has 0 aliphatic heterocycles. The number of aromatic nitrogens is 1. The summed E-state index contributed by atoms with van der Waals surface area (Å²) >= 11 is 0. The molecule has 0 N–H and O–H groups in total. The highest BCUT2D eigenvalue weighted by Gasteiger charge is 2.04. The van der Waals surface area contributed by atoms with Gasteiger partial charge in [-0.25, -0.2) is 4.39 Å². The van der Waals surface area contributed by atoms with Gasteiger partial charge in [0, 0.05) is 19.2 Å². The molecular weight excluding hydrogens is 271 g/mol. The summed E-state index contributed by atoms with van der Waals surface area (Å²) in [5.41, 5.74) is 0.563. The molecule has 0 saturated heterocycles. The van der Waals surface area contributed by atoms with E-state index in [0.29, 0.717) is 19.4 Å². The summed E-state index contributed by atoms with van der Waals surface area (Å²) in [6.07, 6.45) is 2.70. The first kappa shape index (κ1) is 14.8. The van der Waals surface area contributed by atoms with E-state index < -0.39 is 0 Å². The average molecular weight is 286 g/mol. The molecule has 5 heteroatoms. The van der Waals surface area contributed by atoms with E-state index in [0.717, 1.165) is 5.56 Å². The van der Waals surface area contributed by atoms with Gasteiger partial charge < -0.3 is 9.30 Å². The van der Waals surface area contributed by atoms with Gasteiger partial charge in [0.2, 0.25) is 0 Å². The van der Waals surface area contributed by atoms with Crippen LogP contribution in [0.5, 0.6) is 5.75 Å². The van der Waals surface area contributed by atoms with Crippen LogP contribution in [0.3, 0.4) is 0 Å². The second kappa shape index (κ2) is 7.25. The Hall–Kier alpha value is -2.61. The lowest BCUT2D eigenvalue weighted by Gasteiger charge is -2.09. The summed E-state index contributed by atoms with van der Waals surface area (Å²) < 4.78 is 19.8. The van der Waals surface area contributed by atoms with Gasteiger partial charge in [-0.1, -0.05) is 12.1 Å². The second-order valence-electron chi connectivity index (χ2n) is 4.55. The lowest BCUT2D eigenvalue weighted by Crippen LogP contribution is -2.21. The fraction of sp³-hybridized carbons (Fsp3) is 0.250. The number of nitriles is 1. The highest BCUT2D eigenvalue weighted by atomic mass is 19.1. The van der Waals surface area contributed by atoms with E-state index in [-0.39, 0.29) is 23.7 Å². The van der Waals surface area contributed by atoms with Crippen molar-refractivity contribution < 1.29 is 9.13 Å². The summed E-state index contributed by atoms with van der Waals surface area (Å²) in [5, 5.41) is 8.51. The number of unbranched alkanes of at least 4 members (excludes halogenated alkanes) is 1. The molecule has 0 aliphatic rings. The van der Waals surface area contributed by atoms with E-state index in [1.54, 1.807) is 30.5 Å². The monoisotopic (exact) mass is 286 g/mol. The smallest absolute Gasteiger partial charge is 0.292 e. The van der Waals surface area contributed by atoms with Crippen LogP contribution in [0.4, 0.5) is 4.39 Å². The van der Waals surface area contributed by atoms with Crippen molar-refractivity contribution in [1.29, 1.82) is 5.26 Å². The van der Waals surface area contributed by atoms with Gasteiger partial charge in [-0.2, -0.15) is 5.26 Å². The van der Waals surface area contributed by atoms with Gasteiger partial charge in [0.1, 0.15) is 12.4 Å². The van der Waals surface area contributed by atoms with E-state index >= 15 is 0 Å². The molecule has 4 nitrogen and oxygen atoms in total. The molecule has 0 aliphatic carbocycles. The normalized spacial score (nSPS) is 10.1. The minimum atomic E-state index is -0.307. The maximum absolute atomic E-state index is 12.8. The Morgan fingerprint density at radius 2 is 2.00 bits per heavy atom. The van der Waals surface area contributed by atoms with Gasteiger partial charge in [-0.15, -0.1) is 0 Å². The van der Waals surface area contributed by atoms with E-state index in [2.05, 4.69) is 0 Å². The summed E-state index contributed by atoms with van der Waals surface area (Å²) in [5.74, 6) is -0.0582. The average Bonchev–Trinajstić information content (AvgIpc) is 2.49. The number of benzene rings is 1. The molecule has 108 valence electrons. The third-order valence-corrected chi connectivity index (χ3v) is 2.98. The number of hydrogen-bond donors (Lipinski definition) is 0. The van der Waals surface area contributed by atoms with Gasteiger partial charge in [0.25, 0.3) is 5.56 Å². The van der Waals surface area contributed by atoms with E-state index in [1.165, 1.54) is 16.7 Å². The molecule has 1 heterocycles. The van der Waals surface area contributed by atoms with Crippen molar-refractivity contribution in [2.75, 3.05) is 0 Å². The number of aryl methyl sites for hydroxylation is 1. The number of ether oxygens (including phenoxy) is 1. The fourth-order valence-electron chi connectivity index (χ4n) is 1.87. The number of halogens is 1. The molecule has 0 bridgehead atoms. The molecule has 0 amide bonds. The maximum Gasteiger partial charge on any atom is 0.292 e. The quantitative estimate of drug-likeness (QED) is 0.767. The minimum Gasteiger partial charge on any atom is -0.483 e. The number of hydrogen-bond acceptors (Lipinski definition) is 3. The molecule has 0 atom stereocenters. The third-order valence-electron chi connectivity index (χ3n) is 2.98. The zero-order valence-corrected chi connectivity index (χ0v) is 11.5. The maximum atomic E-state index is 12.8. The van der Waals surface area contributed by atoms with Crippen molar-refractivity contribution in [3.05, 3.63) is 64.3 Å². The minimum absolute atomic E-state index is 0.206. The van der Waals surface area contributed by atoms with Gasteiger partial charge in [0.15, 0.2) is 5.75 Å². The fourth-order valence-corrected chi connectivity index (χ4v) is 1.87. The van der Waals surface area contributed by atoms with E-state index in [9.17, 15) is 9.18 Å². The van der Waals surface area contributed by atoms with Crippen LogP contribution < -0.4 is 10.3 Å². The van der Waals surface area contributed by atoms with Crippen LogP contribution in [0.15, 0.2) is 47.4 Å². The molecule has 21 heavy (non-hydrogen) atoms. The Kier molecular flexibility index (Phi) is 5.10. The number of nitrogens with zero attached hydrogens (tertiary/aromatic N) is 2. The lowest BCUT2D eigenvalue weighted by atomic mass is 10.2. The first-order valence-corrected chi connectivity index (χ1v) is 6.64. The largest absolute Gasteiger partial charge is 0.483 e. The van der Waals surface area contributed by atoms with Gasteiger partial charge in [0.05, 0.1) is 6.07 Å². The number of pyridine rings is 1. The first-order valence-electron chi connectivity index (χ1n) is 6.64. The molecule has 0 fully saturated rings. The molecule has 1 aromatic carbocycles. The Bertz CT molecular complexity index is 687. The Labute approximate surface area is 122 Å².